The molecule has 0 amide bonds. The van der Waals surface area contributed by atoms with E-state index in [1.807, 2.05) is 18.2 Å². The van der Waals surface area contributed by atoms with Crippen LogP contribution in [-0.2, 0) is 12.3 Å². The van der Waals surface area contributed by atoms with Crippen molar-refractivity contribution in [2.45, 2.75) is 84.5 Å². The van der Waals surface area contributed by atoms with Crippen LogP contribution in [0.2, 0.25) is 0 Å². The summed E-state index contributed by atoms with van der Waals surface area (Å²) in [7, 11) is 0. The molecule has 2 aromatic carbocycles. The molecule has 0 aliphatic heterocycles. The SMILES string of the molecule is C=C(O)CC(NN=[N+]=[N-])C(CC)=N/C=C(\C)c1ccc(OC(F)(F)c2ccc(C3=CCCCC=C3)cc2)c(C(F)(F)F)c1.CCC. The topological polar surface area (TPSA) is 103 Å². The summed E-state index contributed by atoms with van der Waals surface area (Å²) in [6, 6.07) is 7.36. The number of hydrogen-bond acceptors (Lipinski definition) is 4. The summed E-state index contributed by atoms with van der Waals surface area (Å²) < 4.78 is 76.9. The van der Waals surface area contributed by atoms with E-state index in [1.165, 1.54) is 37.7 Å². The summed E-state index contributed by atoms with van der Waals surface area (Å²) in [5.41, 5.74) is 11.5. The van der Waals surface area contributed by atoms with Crippen molar-refractivity contribution in [3.63, 3.8) is 0 Å². The molecule has 7 nitrogen and oxygen atoms in total. The predicted molar refractivity (Wildman–Crippen MR) is 173 cm³/mol. The van der Waals surface area contributed by atoms with Gasteiger partial charge in [0.15, 0.2) is 0 Å². The maximum Gasteiger partial charge on any atom is 0.426 e. The molecule has 1 aliphatic carbocycles. The van der Waals surface area contributed by atoms with E-state index in [2.05, 4.69) is 41.0 Å². The number of nitrogens with one attached hydrogen (secondary N) is 1. The Morgan fingerprint density at radius 1 is 1.11 bits per heavy atom. The van der Waals surface area contributed by atoms with E-state index in [1.54, 1.807) is 6.92 Å². The Bertz CT molecular complexity index is 1480. The molecule has 248 valence electrons. The number of halogens is 5. The van der Waals surface area contributed by atoms with Gasteiger partial charge in [-0.3, -0.25) is 10.4 Å². The Kier molecular flexibility index (Phi) is 14.6. The zero-order chi connectivity index (χ0) is 34.3. The quantitative estimate of drug-likeness (QED) is 0.0456. The number of benzene rings is 2. The Morgan fingerprint density at radius 2 is 1.78 bits per heavy atom. The first kappa shape index (κ1) is 37.6. The summed E-state index contributed by atoms with van der Waals surface area (Å²) in [5.74, 6) is -1.22. The van der Waals surface area contributed by atoms with Crippen molar-refractivity contribution >= 4 is 16.9 Å². The smallest absolute Gasteiger partial charge is 0.426 e. The van der Waals surface area contributed by atoms with Gasteiger partial charge in [0.05, 0.1) is 29.0 Å². The van der Waals surface area contributed by atoms with E-state index >= 15 is 8.78 Å². The van der Waals surface area contributed by atoms with Crippen LogP contribution < -0.4 is 10.2 Å². The molecule has 0 fully saturated rings. The Labute approximate surface area is 266 Å². The third kappa shape index (κ3) is 11.4. The molecule has 0 saturated heterocycles. The lowest BCUT2D eigenvalue weighted by atomic mass is 10.0. The zero-order valence-electron chi connectivity index (χ0n) is 26.4. The molecule has 1 atom stereocenters. The second-order valence-electron chi connectivity index (χ2n) is 10.5. The molecule has 0 heterocycles. The van der Waals surface area contributed by atoms with Crippen LogP contribution in [-0.4, -0.2) is 16.9 Å². The van der Waals surface area contributed by atoms with Gasteiger partial charge in [-0.15, -0.1) is 5.53 Å². The summed E-state index contributed by atoms with van der Waals surface area (Å²) in [6.45, 7) is 10.9. The van der Waals surface area contributed by atoms with E-state index in [9.17, 15) is 18.3 Å². The zero-order valence-corrected chi connectivity index (χ0v) is 26.4. The van der Waals surface area contributed by atoms with Crippen LogP contribution in [0.25, 0.3) is 21.6 Å². The molecule has 46 heavy (non-hydrogen) atoms. The van der Waals surface area contributed by atoms with Crippen molar-refractivity contribution in [3.8, 4) is 5.75 Å². The monoisotopic (exact) mass is 645 g/mol. The minimum absolute atomic E-state index is 0.0192. The number of azide groups is 1. The Balaban J connectivity index is 0.00000236. The summed E-state index contributed by atoms with van der Waals surface area (Å²) in [6.07, 6.45) is 2.56. The van der Waals surface area contributed by atoms with Crippen LogP contribution in [0.4, 0.5) is 22.0 Å². The van der Waals surface area contributed by atoms with Crippen molar-refractivity contribution in [1.82, 2.24) is 5.43 Å². The van der Waals surface area contributed by atoms with Crippen molar-refractivity contribution in [2.75, 3.05) is 0 Å². The number of alkyl halides is 5. The van der Waals surface area contributed by atoms with Gasteiger partial charge < -0.3 is 9.84 Å². The summed E-state index contributed by atoms with van der Waals surface area (Å²) >= 11 is 0. The van der Waals surface area contributed by atoms with E-state index in [-0.39, 0.29) is 23.3 Å². The van der Waals surface area contributed by atoms with Crippen molar-refractivity contribution < 1.29 is 31.8 Å². The van der Waals surface area contributed by atoms with Crippen molar-refractivity contribution in [2.24, 2.45) is 10.2 Å². The minimum Gasteiger partial charge on any atom is -0.513 e. The number of ether oxygens (including phenoxy) is 1. The molecule has 2 N–H and O–H groups in total. The lowest BCUT2D eigenvalue weighted by Gasteiger charge is -2.22. The molecule has 1 unspecified atom stereocenters. The van der Waals surface area contributed by atoms with Gasteiger partial charge in [-0.25, -0.2) is 0 Å². The highest BCUT2D eigenvalue weighted by Crippen LogP contribution is 2.42. The standard InChI is InChI=1S/C31H32F5N5O2.C3H8/c1-4-27(28(17-21(3)42)39-41-40-37)38-19-20(2)24-13-16-29(26(18-24)30(32,33)34)43-31(35,36)25-14-11-23(12-15-25)22-9-7-5-6-8-10-22;1-3-2/h7,9-16,18-19,28,39,42H,3-6,8,17H2,1-2H3;3H2,1-2H3/b20-19+,38-27?;. The van der Waals surface area contributed by atoms with E-state index < -0.39 is 35.2 Å². The number of hydrogen-bond donors (Lipinski definition) is 2. The first-order valence-corrected chi connectivity index (χ1v) is 14.9. The fourth-order valence-electron chi connectivity index (χ4n) is 4.38. The van der Waals surface area contributed by atoms with Crippen LogP contribution in [0, 0.1) is 0 Å². The fourth-order valence-corrected chi connectivity index (χ4v) is 4.38. The summed E-state index contributed by atoms with van der Waals surface area (Å²) in [4.78, 5) is 6.91. The Morgan fingerprint density at radius 3 is 2.37 bits per heavy atom. The van der Waals surface area contributed by atoms with Gasteiger partial charge in [0.1, 0.15) is 11.8 Å². The van der Waals surface area contributed by atoms with Crippen LogP contribution in [0.15, 0.2) is 89.4 Å². The van der Waals surface area contributed by atoms with E-state index in [0.29, 0.717) is 12.1 Å². The normalized spacial score (nSPS) is 14.6. The number of aliphatic hydroxyl groups excluding tert-OH is 1. The molecule has 0 bridgehead atoms. The molecule has 3 rings (SSSR count). The number of nitrogens with zero attached hydrogens (tertiary/aromatic N) is 4. The average molecular weight is 646 g/mol. The maximum atomic E-state index is 15.1. The van der Waals surface area contributed by atoms with Crippen LogP contribution in [0.3, 0.4) is 0 Å². The summed E-state index contributed by atoms with van der Waals surface area (Å²) in [5, 5.41) is 12.8. The second kappa shape index (κ2) is 17.8. The second-order valence-corrected chi connectivity index (χ2v) is 10.5. The molecule has 2 aromatic rings. The average Bonchev–Trinajstić information content (AvgIpc) is 3.29. The maximum absolute atomic E-state index is 15.1. The number of rotatable bonds is 12. The molecule has 0 radical (unpaired) electrons. The van der Waals surface area contributed by atoms with E-state index in [0.717, 1.165) is 54.7 Å². The highest BCUT2D eigenvalue weighted by Gasteiger charge is 2.40. The van der Waals surface area contributed by atoms with Gasteiger partial charge in [-0.05, 0) is 84.4 Å². The van der Waals surface area contributed by atoms with Crippen LogP contribution >= 0.6 is 0 Å². The van der Waals surface area contributed by atoms with Crippen molar-refractivity contribution in [3.05, 3.63) is 112 Å². The van der Waals surface area contributed by atoms with Gasteiger partial charge in [0, 0.05) is 6.20 Å². The van der Waals surface area contributed by atoms with Gasteiger partial charge in [0.25, 0.3) is 0 Å². The molecule has 1 aliphatic rings. The minimum atomic E-state index is -4.99. The van der Waals surface area contributed by atoms with Gasteiger partial charge in [-0.2, -0.15) is 26.9 Å². The van der Waals surface area contributed by atoms with Crippen LogP contribution in [0.1, 0.15) is 88.5 Å². The number of aliphatic hydroxyl groups is 1. The third-order valence-corrected chi connectivity index (χ3v) is 6.66. The molecular weight excluding hydrogens is 605 g/mol. The molecule has 0 aromatic heterocycles. The molecule has 12 heteroatoms. The fraction of sp³-hybridized carbons (Fsp3) is 0.382. The largest absolute Gasteiger partial charge is 0.513 e. The first-order chi connectivity index (χ1) is 21.8. The highest BCUT2D eigenvalue weighted by atomic mass is 19.4. The van der Waals surface area contributed by atoms with Crippen molar-refractivity contribution in [1.29, 1.82) is 0 Å². The lowest BCUT2D eigenvalue weighted by Crippen LogP contribution is -2.33. The van der Waals surface area contributed by atoms with Gasteiger partial charge >= 0.3 is 12.3 Å². The first-order valence-electron chi connectivity index (χ1n) is 14.9. The lowest BCUT2D eigenvalue weighted by molar-refractivity contribution is -0.191. The third-order valence-electron chi connectivity index (χ3n) is 6.66. The van der Waals surface area contributed by atoms with Crippen LogP contribution in [0.5, 0.6) is 5.75 Å². The molecular formula is C34H40F5N5O2. The molecule has 0 spiro atoms. The predicted octanol–water partition coefficient (Wildman–Crippen LogP) is 11.2. The Hall–Kier alpha value is -4.57. The van der Waals surface area contributed by atoms with E-state index in [4.69, 9.17) is 10.3 Å². The van der Waals surface area contributed by atoms with Gasteiger partial charge in [-0.1, -0.05) is 70.2 Å². The molecule has 0 saturated carbocycles. The highest BCUT2D eigenvalue weighted by molar-refractivity contribution is 5.90. The number of allylic oxidation sites excluding steroid dienone is 5. The van der Waals surface area contributed by atoms with Gasteiger partial charge in [0.2, 0.25) is 0 Å². The number of aliphatic imine (C=N–C) groups is 1.